The van der Waals surface area contributed by atoms with Crippen LogP contribution in [0.1, 0.15) is 0 Å². The SMILES string of the molecule is COc1ccc(OCCSc2nc3cc(N)ccc3n2C)cc1. The second kappa shape index (κ2) is 6.83. The Labute approximate surface area is 139 Å². The number of thioether (sulfide) groups is 1. The molecule has 0 spiro atoms. The lowest BCUT2D eigenvalue weighted by atomic mass is 10.3. The molecule has 120 valence electrons. The van der Waals surface area contributed by atoms with Crippen molar-refractivity contribution in [1.82, 2.24) is 9.55 Å². The first kappa shape index (κ1) is 15.6. The number of ether oxygens (including phenoxy) is 2. The second-order valence-corrected chi connectivity index (χ2v) is 6.14. The van der Waals surface area contributed by atoms with Crippen LogP contribution in [0.15, 0.2) is 47.6 Å². The smallest absolute Gasteiger partial charge is 0.168 e. The molecule has 1 aromatic heterocycles. The van der Waals surface area contributed by atoms with Crippen LogP contribution in [0.3, 0.4) is 0 Å². The molecule has 5 nitrogen and oxygen atoms in total. The Kier molecular flexibility index (Phi) is 4.62. The summed E-state index contributed by atoms with van der Waals surface area (Å²) in [6, 6.07) is 13.4. The number of nitrogens with two attached hydrogens (primary N) is 1. The molecule has 23 heavy (non-hydrogen) atoms. The van der Waals surface area contributed by atoms with Gasteiger partial charge in [0.15, 0.2) is 5.16 Å². The van der Waals surface area contributed by atoms with Gasteiger partial charge in [-0.2, -0.15) is 0 Å². The predicted molar refractivity (Wildman–Crippen MR) is 94.3 cm³/mol. The maximum absolute atomic E-state index is 5.80. The number of nitrogen functional groups attached to an aromatic ring is 1. The zero-order valence-corrected chi connectivity index (χ0v) is 14.0. The van der Waals surface area contributed by atoms with E-state index < -0.39 is 0 Å². The Morgan fingerprint density at radius 3 is 2.61 bits per heavy atom. The molecule has 3 rings (SSSR count). The molecule has 0 aliphatic heterocycles. The van der Waals surface area contributed by atoms with Gasteiger partial charge >= 0.3 is 0 Å². The Balaban J connectivity index is 1.57. The summed E-state index contributed by atoms with van der Waals surface area (Å²) in [5.74, 6) is 2.48. The highest BCUT2D eigenvalue weighted by molar-refractivity contribution is 7.99. The third-order valence-electron chi connectivity index (χ3n) is 3.51. The number of benzene rings is 2. The van der Waals surface area contributed by atoms with Gasteiger partial charge in [-0.25, -0.2) is 4.98 Å². The molecule has 0 aliphatic carbocycles. The monoisotopic (exact) mass is 329 g/mol. The van der Waals surface area contributed by atoms with E-state index in [9.17, 15) is 0 Å². The van der Waals surface area contributed by atoms with E-state index in [1.165, 1.54) is 0 Å². The largest absolute Gasteiger partial charge is 0.497 e. The van der Waals surface area contributed by atoms with Gasteiger partial charge in [0.2, 0.25) is 0 Å². The van der Waals surface area contributed by atoms with Gasteiger partial charge in [0.25, 0.3) is 0 Å². The van der Waals surface area contributed by atoms with E-state index >= 15 is 0 Å². The number of methoxy groups -OCH3 is 1. The van der Waals surface area contributed by atoms with E-state index in [4.69, 9.17) is 15.2 Å². The number of nitrogens with zero attached hydrogens (tertiary/aromatic N) is 2. The average molecular weight is 329 g/mol. The van der Waals surface area contributed by atoms with Crippen molar-refractivity contribution in [3.05, 3.63) is 42.5 Å². The van der Waals surface area contributed by atoms with Crippen molar-refractivity contribution in [1.29, 1.82) is 0 Å². The fraction of sp³-hybridized carbons (Fsp3) is 0.235. The topological polar surface area (TPSA) is 62.3 Å². The first-order valence-corrected chi connectivity index (χ1v) is 8.27. The summed E-state index contributed by atoms with van der Waals surface area (Å²) in [5.41, 5.74) is 8.54. The van der Waals surface area contributed by atoms with Crippen LogP contribution in [0.25, 0.3) is 11.0 Å². The molecule has 0 aliphatic rings. The third-order valence-corrected chi connectivity index (χ3v) is 4.50. The van der Waals surface area contributed by atoms with Crippen molar-refractivity contribution in [2.45, 2.75) is 5.16 Å². The van der Waals surface area contributed by atoms with Crippen LogP contribution >= 0.6 is 11.8 Å². The Morgan fingerprint density at radius 1 is 1.13 bits per heavy atom. The van der Waals surface area contributed by atoms with E-state index in [-0.39, 0.29) is 0 Å². The zero-order chi connectivity index (χ0) is 16.2. The van der Waals surface area contributed by atoms with Gasteiger partial charge in [-0.1, -0.05) is 11.8 Å². The summed E-state index contributed by atoms with van der Waals surface area (Å²) >= 11 is 1.67. The number of imidazole rings is 1. The van der Waals surface area contributed by atoms with Crippen molar-refractivity contribution in [3.8, 4) is 11.5 Å². The summed E-state index contributed by atoms with van der Waals surface area (Å²) in [7, 11) is 3.66. The first-order valence-electron chi connectivity index (χ1n) is 7.29. The zero-order valence-electron chi connectivity index (χ0n) is 13.2. The van der Waals surface area contributed by atoms with Gasteiger partial charge in [-0.05, 0) is 42.5 Å². The summed E-state index contributed by atoms with van der Waals surface area (Å²) < 4.78 is 12.9. The van der Waals surface area contributed by atoms with E-state index in [2.05, 4.69) is 9.55 Å². The molecular weight excluding hydrogens is 310 g/mol. The molecule has 0 saturated heterocycles. The van der Waals surface area contributed by atoms with Crippen LogP contribution in [-0.2, 0) is 7.05 Å². The van der Waals surface area contributed by atoms with Gasteiger partial charge < -0.3 is 19.8 Å². The molecule has 0 amide bonds. The van der Waals surface area contributed by atoms with Crippen LogP contribution in [0.4, 0.5) is 5.69 Å². The lowest BCUT2D eigenvalue weighted by molar-refractivity contribution is 0.342. The summed E-state index contributed by atoms with van der Waals surface area (Å²) in [6.07, 6.45) is 0. The highest BCUT2D eigenvalue weighted by Gasteiger charge is 2.08. The Morgan fingerprint density at radius 2 is 1.87 bits per heavy atom. The molecule has 2 N–H and O–H groups in total. The van der Waals surface area contributed by atoms with E-state index in [1.54, 1.807) is 18.9 Å². The van der Waals surface area contributed by atoms with Gasteiger partial charge in [0.1, 0.15) is 11.5 Å². The minimum Gasteiger partial charge on any atom is -0.497 e. The van der Waals surface area contributed by atoms with Gasteiger partial charge in [-0.3, -0.25) is 0 Å². The first-order chi connectivity index (χ1) is 11.2. The number of aryl methyl sites for hydroxylation is 1. The lowest BCUT2D eigenvalue weighted by Crippen LogP contribution is -2.01. The number of fused-ring (bicyclic) bond motifs is 1. The summed E-state index contributed by atoms with van der Waals surface area (Å²) in [5, 5.41) is 0.962. The van der Waals surface area contributed by atoms with Crippen LogP contribution in [0.5, 0.6) is 11.5 Å². The van der Waals surface area contributed by atoms with Crippen molar-refractivity contribution in [2.75, 3.05) is 25.2 Å². The molecule has 0 radical (unpaired) electrons. The number of hydrogen-bond donors (Lipinski definition) is 1. The molecule has 1 heterocycles. The summed E-state index contributed by atoms with van der Waals surface area (Å²) in [6.45, 7) is 0.613. The minimum atomic E-state index is 0.613. The Bertz CT molecular complexity index is 799. The lowest BCUT2D eigenvalue weighted by Gasteiger charge is -2.07. The highest BCUT2D eigenvalue weighted by atomic mass is 32.2. The molecular formula is C17H19N3O2S. The van der Waals surface area contributed by atoms with Crippen LogP contribution < -0.4 is 15.2 Å². The minimum absolute atomic E-state index is 0.613. The molecule has 0 unspecified atom stereocenters. The molecule has 0 bridgehead atoms. The molecule has 0 saturated carbocycles. The number of anilines is 1. The maximum Gasteiger partial charge on any atom is 0.168 e. The van der Waals surface area contributed by atoms with Crippen LogP contribution in [0, 0.1) is 0 Å². The normalized spacial score (nSPS) is 10.9. The molecule has 6 heteroatoms. The summed E-state index contributed by atoms with van der Waals surface area (Å²) in [4.78, 5) is 4.61. The quantitative estimate of drug-likeness (QED) is 0.427. The number of aromatic nitrogens is 2. The van der Waals surface area contributed by atoms with Crippen LogP contribution in [0.2, 0.25) is 0 Å². The van der Waals surface area contributed by atoms with Gasteiger partial charge in [0, 0.05) is 18.5 Å². The standard InChI is InChI=1S/C17H19N3O2S/c1-20-16-8-3-12(18)11-15(16)19-17(20)23-10-9-22-14-6-4-13(21-2)5-7-14/h3-8,11H,9-10,18H2,1-2H3. The van der Waals surface area contributed by atoms with Gasteiger partial charge in [0.05, 0.1) is 24.8 Å². The highest BCUT2D eigenvalue weighted by Crippen LogP contribution is 2.24. The molecule has 3 aromatic rings. The van der Waals surface area contributed by atoms with Crippen LogP contribution in [-0.4, -0.2) is 29.0 Å². The average Bonchev–Trinajstić information content (AvgIpc) is 2.87. The second-order valence-electron chi connectivity index (χ2n) is 5.07. The number of rotatable bonds is 6. The molecule has 0 atom stereocenters. The van der Waals surface area contributed by atoms with Crippen molar-refractivity contribution >= 4 is 28.5 Å². The Hall–Kier alpha value is -2.34. The van der Waals surface area contributed by atoms with E-state index in [0.717, 1.165) is 39.1 Å². The van der Waals surface area contributed by atoms with Gasteiger partial charge in [-0.15, -0.1) is 0 Å². The van der Waals surface area contributed by atoms with E-state index in [1.807, 2.05) is 49.5 Å². The third kappa shape index (κ3) is 3.53. The fourth-order valence-corrected chi connectivity index (χ4v) is 3.09. The molecule has 0 fully saturated rings. The van der Waals surface area contributed by atoms with E-state index in [0.29, 0.717) is 6.61 Å². The predicted octanol–water partition coefficient (Wildman–Crippen LogP) is 3.34. The fourth-order valence-electron chi connectivity index (χ4n) is 2.29. The maximum atomic E-state index is 5.80. The van der Waals surface area contributed by atoms with Crippen molar-refractivity contribution in [2.24, 2.45) is 7.05 Å². The van der Waals surface area contributed by atoms with Crippen molar-refractivity contribution in [3.63, 3.8) is 0 Å². The van der Waals surface area contributed by atoms with Crippen molar-refractivity contribution < 1.29 is 9.47 Å². The number of hydrogen-bond acceptors (Lipinski definition) is 5. The molecule has 2 aromatic carbocycles.